The van der Waals surface area contributed by atoms with Crippen LogP contribution in [-0.4, -0.2) is 62.0 Å². The summed E-state index contributed by atoms with van der Waals surface area (Å²) in [5.74, 6) is 0. The molecule has 1 fully saturated rings. The van der Waals surface area contributed by atoms with Crippen LogP contribution >= 0.6 is 0 Å². The van der Waals surface area contributed by atoms with Crippen molar-refractivity contribution in [2.45, 2.75) is 44.2 Å². The van der Waals surface area contributed by atoms with Gasteiger partial charge in [-0.25, -0.2) is 0 Å². The minimum Gasteiger partial charge on any atom is -0.394 e. The standard InChI is InChI=1S/C13H28N2O2/c1-13(11-16,14-2)7-4-8-15-9-5-12(17-3)6-10-15/h12,14,16H,4-11H2,1-3H3. The third-order valence-corrected chi connectivity index (χ3v) is 4.02. The van der Waals surface area contributed by atoms with Crippen molar-refractivity contribution in [3.63, 3.8) is 0 Å². The molecule has 1 atom stereocenters. The van der Waals surface area contributed by atoms with E-state index in [1.807, 2.05) is 7.05 Å². The maximum atomic E-state index is 9.30. The minimum absolute atomic E-state index is 0.120. The normalized spacial score (nSPS) is 22.6. The molecule has 1 aliphatic heterocycles. The van der Waals surface area contributed by atoms with Gasteiger partial charge in [0.05, 0.1) is 12.7 Å². The van der Waals surface area contributed by atoms with E-state index in [-0.39, 0.29) is 12.1 Å². The summed E-state index contributed by atoms with van der Waals surface area (Å²) < 4.78 is 5.36. The van der Waals surface area contributed by atoms with E-state index < -0.39 is 0 Å². The number of ether oxygens (including phenoxy) is 1. The fourth-order valence-corrected chi connectivity index (χ4v) is 2.34. The second kappa shape index (κ2) is 7.31. The number of piperidine rings is 1. The fourth-order valence-electron chi connectivity index (χ4n) is 2.34. The third kappa shape index (κ3) is 4.92. The van der Waals surface area contributed by atoms with Gasteiger partial charge in [0.25, 0.3) is 0 Å². The van der Waals surface area contributed by atoms with Gasteiger partial charge in [-0.15, -0.1) is 0 Å². The highest BCUT2D eigenvalue weighted by Crippen LogP contribution is 2.15. The Labute approximate surface area is 105 Å². The molecule has 4 nitrogen and oxygen atoms in total. The Hall–Kier alpha value is -0.160. The van der Waals surface area contributed by atoms with E-state index in [1.165, 1.54) is 0 Å². The first-order valence-corrected chi connectivity index (χ1v) is 6.68. The number of aliphatic hydroxyl groups is 1. The molecule has 0 aromatic heterocycles. The molecule has 17 heavy (non-hydrogen) atoms. The second-order valence-electron chi connectivity index (χ2n) is 5.35. The van der Waals surface area contributed by atoms with Gasteiger partial charge in [0.1, 0.15) is 0 Å². The van der Waals surface area contributed by atoms with Crippen molar-refractivity contribution < 1.29 is 9.84 Å². The molecule has 1 unspecified atom stereocenters. The fraction of sp³-hybridized carbons (Fsp3) is 1.00. The molecule has 4 heteroatoms. The Balaban J connectivity index is 2.15. The van der Waals surface area contributed by atoms with Crippen molar-refractivity contribution in [1.82, 2.24) is 10.2 Å². The van der Waals surface area contributed by atoms with Crippen molar-refractivity contribution in [3.8, 4) is 0 Å². The van der Waals surface area contributed by atoms with E-state index in [4.69, 9.17) is 4.74 Å². The zero-order valence-corrected chi connectivity index (χ0v) is 11.5. The van der Waals surface area contributed by atoms with Crippen molar-refractivity contribution >= 4 is 0 Å². The summed E-state index contributed by atoms with van der Waals surface area (Å²) in [4.78, 5) is 2.50. The summed E-state index contributed by atoms with van der Waals surface area (Å²) in [5, 5.41) is 12.5. The average Bonchev–Trinajstić information content (AvgIpc) is 2.39. The first-order valence-electron chi connectivity index (χ1n) is 6.68. The van der Waals surface area contributed by atoms with Gasteiger partial charge in [-0.1, -0.05) is 0 Å². The number of likely N-dealkylation sites (N-methyl/N-ethyl adjacent to an activating group) is 1. The van der Waals surface area contributed by atoms with Crippen LogP contribution in [0.4, 0.5) is 0 Å². The maximum absolute atomic E-state index is 9.30. The zero-order chi connectivity index (χ0) is 12.7. The predicted octanol–water partition coefficient (Wildman–Crippen LogP) is 0.848. The molecule has 0 aliphatic carbocycles. The topological polar surface area (TPSA) is 44.7 Å². The van der Waals surface area contributed by atoms with Gasteiger partial charge in [0.2, 0.25) is 0 Å². The average molecular weight is 244 g/mol. The third-order valence-electron chi connectivity index (χ3n) is 4.02. The molecule has 0 spiro atoms. The maximum Gasteiger partial charge on any atom is 0.0610 e. The summed E-state index contributed by atoms with van der Waals surface area (Å²) in [7, 11) is 3.72. The Bertz CT molecular complexity index is 200. The first-order chi connectivity index (χ1) is 8.13. The lowest BCUT2D eigenvalue weighted by atomic mass is 9.96. The van der Waals surface area contributed by atoms with Gasteiger partial charge in [0, 0.05) is 25.7 Å². The molecule has 0 saturated carbocycles. The SMILES string of the molecule is CNC(C)(CO)CCCN1CCC(OC)CC1. The van der Waals surface area contributed by atoms with Crippen LogP contribution in [0.15, 0.2) is 0 Å². The lowest BCUT2D eigenvalue weighted by Gasteiger charge is -2.32. The van der Waals surface area contributed by atoms with Crippen LogP contribution in [0.3, 0.4) is 0 Å². The molecular weight excluding hydrogens is 216 g/mol. The Morgan fingerprint density at radius 3 is 2.53 bits per heavy atom. The quantitative estimate of drug-likeness (QED) is 0.697. The molecule has 1 rings (SSSR count). The molecule has 2 N–H and O–H groups in total. The van der Waals surface area contributed by atoms with Crippen LogP contribution in [0, 0.1) is 0 Å². The zero-order valence-electron chi connectivity index (χ0n) is 11.5. The molecule has 0 aromatic carbocycles. The lowest BCUT2D eigenvalue weighted by Crippen LogP contribution is -2.44. The smallest absolute Gasteiger partial charge is 0.0610 e. The number of hydrogen-bond acceptors (Lipinski definition) is 4. The Morgan fingerprint density at radius 2 is 2.06 bits per heavy atom. The molecule has 0 radical (unpaired) electrons. The monoisotopic (exact) mass is 244 g/mol. The summed E-state index contributed by atoms with van der Waals surface area (Å²) in [6.45, 7) is 5.70. The van der Waals surface area contributed by atoms with E-state index in [0.717, 1.165) is 45.3 Å². The minimum atomic E-state index is -0.120. The van der Waals surface area contributed by atoms with E-state index in [0.29, 0.717) is 6.10 Å². The number of aliphatic hydroxyl groups excluding tert-OH is 1. The van der Waals surface area contributed by atoms with Crippen molar-refractivity contribution in [2.24, 2.45) is 0 Å². The van der Waals surface area contributed by atoms with Gasteiger partial charge >= 0.3 is 0 Å². The molecule has 102 valence electrons. The second-order valence-corrected chi connectivity index (χ2v) is 5.35. The molecule has 1 heterocycles. The highest BCUT2D eigenvalue weighted by atomic mass is 16.5. The summed E-state index contributed by atoms with van der Waals surface area (Å²) in [6.07, 6.45) is 4.92. The summed E-state index contributed by atoms with van der Waals surface area (Å²) in [5.41, 5.74) is -0.120. The molecular formula is C13H28N2O2. The summed E-state index contributed by atoms with van der Waals surface area (Å²) >= 11 is 0. The van der Waals surface area contributed by atoms with Crippen LogP contribution in [0.1, 0.15) is 32.6 Å². The van der Waals surface area contributed by atoms with Crippen LogP contribution in [0.2, 0.25) is 0 Å². The molecule has 1 saturated heterocycles. The van der Waals surface area contributed by atoms with Gasteiger partial charge < -0.3 is 20.1 Å². The van der Waals surface area contributed by atoms with Crippen LogP contribution in [0.5, 0.6) is 0 Å². The highest BCUT2D eigenvalue weighted by Gasteiger charge is 2.22. The first kappa shape index (κ1) is 14.9. The van der Waals surface area contributed by atoms with Crippen LogP contribution < -0.4 is 5.32 Å². The van der Waals surface area contributed by atoms with Crippen molar-refractivity contribution in [2.75, 3.05) is 40.4 Å². The molecule has 0 aromatic rings. The van der Waals surface area contributed by atoms with E-state index in [2.05, 4.69) is 17.1 Å². The molecule has 1 aliphatic rings. The molecule has 0 bridgehead atoms. The summed E-state index contributed by atoms with van der Waals surface area (Å²) in [6, 6.07) is 0. The number of nitrogens with one attached hydrogen (secondary N) is 1. The van der Waals surface area contributed by atoms with Crippen molar-refractivity contribution in [1.29, 1.82) is 0 Å². The lowest BCUT2D eigenvalue weighted by molar-refractivity contribution is 0.0397. The van der Waals surface area contributed by atoms with Gasteiger partial charge in [-0.05, 0) is 46.2 Å². The van der Waals surface area contributed by atoms with Gasteiger partial charge in [-0.2, -0.15) is 0 Å². The van der Waals surface area contributed by atoms with Crippen LogP contribution in [0.25, 0.3) is 0 Å². The van der Waals surface area contributed by atoms with Gasteiger partial charge in [-0.3, -0.25) is 0 Å². The largest absolute Gasteiger partial charge is 0.394 e. The number of rotatable bonds is 7. The number of hydrogen-bond donors (Lipinski definition) is 2. The van der Waals surface area contributed by atoms with Crippen LogP contribution in [-0.2, 0) is 4.74 Å². The van der Waals surface area contributed by atoms with E-state index in [1.54, 1.807) is 7.11 Å². The van der Waals surface area contributed by atoms with E-state index in [9.17, 15) is 5.11 Å². The van der Waals surface area contributed by atoms with Crippen molar-refractivity contribution in [3.05, 3.63) is 0 Å². The highest BCUT2D eigenvalue weighted by molar-refractivity contribution is 4.81. The number of nitrogens with zero attached hydrogens (tertiary/aromatic N) is 1. The van der Waals surface area contributed by atoms with E-state index >= 15 is 0 Å². The molecule has 0 amide bonds. The predicted molar refractivity (Wildman–Crippen MR) is 70.3 cm³/mol. The van der Waals surface area contributed by atoms with Gasteiger partial charge in [0.15, 0.2) is 0 Å². The number of methoxy groups -OCH3 is 1. The Morgan fingerprint density at radius 1 is 1.41 bits per heavy atom. The Kier molecular flexibility index (Phi) is 6.41. The number of likely N-dealkylation sites (tertiary alicyclic amines) is 1.